The molecule has 44 heavy (non-hydrogen) atoms. The summed E-state index contributed by atoms with van der Waals surface area (Å²) in [5, 5.41) is 12.0. The number of halogens is 1. The Kier molecular flexibility index (Phi) is 9.10. The number of nitrogens with zero attached hydrogens (tertiary/aromatic N) is 4. The van der Waals surface area contributed by atoms with Crippen molar-refractivity contribution in [2.24, 2.45) is 11.8 Å². The quantitative estimate of drug-likeness (QED) is 0.248. The lowest BCUT2D eigenvalue weighted by molar-refractivity contribution is -0.384. The number of pyridine rings is 1. The van der Waals surface area contributed by atoms with Crippen molar-refractivity contribution in [3.8, 4) is 11.1 Å². The third-order valence-corrected chi connectivity index (χ3v) is 8.54. The number of rotatable bonds is 6. The molecule has 0 N–H and O–H groups in total. The first kappa shape index (κ1) is 31.3. The van der Waals surface area contributed by atoms with Crippen LogP contribution in [0.4, 0.5) is 10.5 Å². The van der Waals surface area contributed by atoms with Gasteiger partial charge in [-0.25, -0.2) is 4.79 Å². The van der Waals surface area contributed by atoms with E-state index in [9.17, 15) is 24.5 Å². The molecule has 2 saturated heterocycles. The van der Waals surface area contributed by atoms with Crippen LogP contribution in [0.1, 0.15) is 45.2 Å². The summed E-state index contributed by atoms with van der Waals surface area (Å²) in [6, 6.07) is 15.8. The average Bonchev–Trinajstić information content (AvgIpc) is 3.26. The Morgan fingerprint density at radius 3 is 2.41 bits per heavy atom. The SMILES string of the molecule is CC(C)(C)OC(=O)N1CCCC2CN(C(=O)C(Cc3ccccc3)n3ccc(-c4cc(Cl)ccc4[N+](=O)[O-])cc3=O)CC2C1. The van der Waals surface area contributed by atoms with Crippen LogP contribution in [-0.2, 0) is 16.0 Å². The molecule has 11 heteroatoms. The van der Waals surface area contributed by atoms with E-state index in [1.165, 1.54) is 35.0 Å². The van der Waals surface area contributed by atoms with E-state index in [2.05, 4.69) is 0 Å². The van der Waals surface area contributed by atoms with Crippen molar-refractivity contribution in [1.82, 2.24) is 14.4 Å². The van der Waals surface area contributed by atoms with Gasteiger partial charge in [0.05, 0.1) is 10.5 Å². The van der Waals surface area contributed by atoms with Crippen LogP contribution in [0.15, 0.2) is 71.7 Å². The molecule has 0 radical (unpaired) electrons. The molecule has 2 aromatic carbocycles. The Morgan fingerprint density at radius 2 is 1.73 bits per heavy atom. The number of nitro benzene ring substituents is 1. The van der Waals surface area contributed by atoms with Crippen molar-refractivity contribution in [2.75, 3.05) is 26.2 Å². The standard InChI is InChI=1S/C33H37ClN4O6/c1-33(2,3)44-32(41)35-14-7-10-24-19-36(21-25(24)20-35)31(40)29(16-22-8-5-4-6-9-22)37-15-13-23(17-30(37)39)27-18-26(34)11-12-28(27)38(42)43/h4-6,8-9,11-13,15,17-18,24-25,29H,7,10,14,16,19-21H2,1-3H3. The molecular weight excluding hydrogens is 584 g/mol. The van der Waals surface area contributed by atoms with Gasteiger partial charge in [-0.1, -0.05) is 41.9 Å². The largest absolute Gasteiger partial charge is 0.444 e. The van der Waals surface area contributed by atoms with Gasteiger partial charge in [-0.2, -0.15) is 0 Å². The maximum atomic E-state index is 14.2. The predicted molar refractivity (Wildman–Crippen MR) is 168 cm³/mol. The molecule has 2 aliphatic heterocycles. The number of amides is 2. The Bertz CT molecular complexity index is 1600. The molecule has 2 amide bonds. The number of aromatic nitrogens is 1. The maximum absolute atomic E-state index is 14.2. The number of nitro groups is 1. The predicted octanol–water partition coefficient (Wildman–Crippen LogP) is 5.97. The Balaban J connectivity index is 1.42. The van der Waals surface area contributed by atoms with E-state index in [0.29, 0.717) is 43.2 Å². The molecule has 3 aromatic rings. The minimum atomic E-state index is -0.822. The monoisotopic (exact) mass is 620 g/mol. The molecule has 0 aliphatic carbocycles. The third kappa shape index (κ3) is 7.13. The summed E-state index contributed by atoms with van der Waals surface area (Å²) in [5.74, 6) is 0.175. The zero-order valence-electron chi connectivity index (χ0n) is 25.1. The smallest absolute Gasteiger partial charge is 0.410 e. The van der Waals surface area contributed by atoms with Gasteiger partial charge < -0.3 is 19.1 Å². The number of benzene rings is 2. The second kappa shape index (κ2) is 12.8. The molecule has 5 rings (SSSR count). The van der Waals surface area contributed by atoms with E-state index >= 15 is 0 Å². The third-order valence-electron chi connectivity index (χ3n) is 8.30. The number of carbonyl (C=O) groups excluding carboxylic acids is 2. The Morgan fingerprint density at radius 1 is 1.02 bits per heavy atom. The van der Waals surface area contributed by atoms with Gasteiger partial charge in [0, 0.05) is 56.0 Å². The number of ether oxygens (including phenoxy) is 1. The molecule has 10 nitrogen and oxygen atoms in total. The van der Waals surface area contributed by atoms with Crippen LogP contribution in [0.5, 0.6) is 0 Å². The van der Waals surface area contributed by atoms with Crippen LogP contribution < -0.4 is 5.56 Å². The molecule has 3 atom stereocenters. The second-order valence-electron chi connectivity index (χ2n) is 12.6. The molecule has 0 spiro atoms. The summed E-state index contributed by atoms with van der Waals surface area (Å²) in [7, 11) is 0. The molecule has 2 aliphatic rings. The van der Waals surface area contributed by atoms with Crippen molar-refractivity contribution >= 4 is 29.3 Å². The summed E-state index contributed by atoms with van der Waals surface area (Å²) in [4.78, 5) is 55.4. The number of hydrogen-bond acceptors (Lipinski definition) is 6. The van der Waals surface area contributed by atoms with Crippen molar-refractivity contribution < 1.29 is 19.2 Å². The van der Waals surface area contributed by atoms with Gasteiger partial charge in [-0.05, 0) is 74.8 Å². The lowest BCUT2D eigenvalue weighted by Gasteiger charge is -2.29. The van der Waals surface area contributed by atoms with Crippen LogP contribution >= 0.6 is 11.6 Å². The van der Waals surface area contributed by atoms with Gasteiger partial charge in [0.25, 0.3) is 11.2 Å². The lowest BCUT2D eigenvalue weighted by atomic mass is 9.93. The van der Waals surface area contributed by atoms with E-state index in [4.69, 9.17) is 16.3 Å². The minimum absolute atomic E-state index is 0.105. The average molecular weight is 621 g/mol. The fraction of sp³-hybridized carbons (Fsp3) is 0.424. The van der Waals surface area contributed by atoms with E-state index in [-0.39, 0.29) is 35.1 Å². The number of hydrogen-bond donors (Lipinski definition) is 0. The zero-order chi connectivity index (χ0) is 31.6. The highest BCUT2D eigenvalue weighted by Gasteiger charge is 2.41. The molecule has 3 heterocycles. The highest BCUT2D eigenvalue weighted by molar-refractivity contribution is 6.31. The van der Waals surface area contributed by atoms with E-state index in [0.717, 1.165) is 18.4 Å². The number of fused-ring (bicyclic) bond motifs is 1. The van der Waals surface area contributed by atoms with Crippen molar-refractivity contribution in [2.45, 2.75) is 51.7 Å². The molecule has 1 aromatic heterocycles. The van der Waals surface area contributed by atoms with E-state index in [1.807, 2.05) is 56.0 Å². The molecular formula is C33H37ClN4O6. The van der Waals surface area contributed by atoms with E-state index < -0.39 is 22.1 Å². The van der Waals surface area contributed by atoms with Crippen LogP contribution in [0.3, 0.4) is 0 Å². The highest BCUT2D eigenvalue weighted by atomic mass is 35.5. The van der Waals surface area contributed by atoms with Crippen molar-refractivity contribution in [3.63, 3.8) is 0 Å². The minimum Gasteiger partial charge on any atom is -0.444 e. The fourth-order valence-corrected chi connectivity index (χ4v) is 6.40. The Labute approximate surface area is 261 Å². The van der Waals surface area contributed by atoms with Crippen LogP contribution in [0.25, 0.3) is 11.1 Å². The lowest BCUT2D eigenvalue weighted by Crippen LogP contribution is -2.42. The molecule has 0 bridgehead atoms. The van der Waals surface area contributed by atoms with Gasteiger partial charge in [0.15, 0.2) is 0 Å². The first-order valence-electron chi connectivity index (χ1n) is 14.9. The molecule has 2 fully saturated rings. The summed E-state index contributed by atoms with van der Waals surface area (Å²) in [6.45, 7) is 7.71. The first-order valence-corrected chi connectivity index (χ1v) is 15.2. The van der Waals surface area contributed by atoms with E-state index in [1.54, 1.807) is 11.0 Å². The normalized spacial score (nSPS) is 19.2. The topological polar surface area (TPSA) is 115 Å². The van der Waals surface area contributed by atoms with Crippen LogP contribution in [-0.4, -0.2) is 63.1 Å². The van der Waals surface area contributed by atoms with Crippen LogP contribution in [0, 0.1) is 22.0 Å². The number of carbonyl (C=O) groups is 2. The molecule has 232 valence electrons. The second-order valence-corrected chi connectivity index (χ2v) is 13.1. The zero-order valence-corrected chi connectivity index (χ0v) is 25.9. The van der Waals surface area contributed by atoms with Crippen molar-refractivity contribution in [1.29, 1.82) is 0 Å². The van der Waals surface area contributed by atoms with Gasteiger partial charge in [0.2, 0.25) is 5.91 Å². The molecule has 0 saturated carbocycles. The van der Waals surface area contributed by atoms with Gasteiger partial charge in [-0.15, -0.1) is 0 Å². The Hall–Kier alpha value is -4.18. The summed E-state index contributed by atoms with van der Waals surface area (Å²) in [6.07, 6.45) is 3.21. The van der Waals surface area contributed by atoms with Crippen molar-refractivity contribution in [3.05, 3.63) is 97.9 Å². The molecule has 3 unspecified atom stereocenters. The number of likely N-dealkylation sites (tertiary alicyclic amines) is 2. The summed E-state index contributed by atoms with van der Waals surface area (Å²) < 4.78 is 7.04. The highest BCUT2D eigenvalue weighted by Crippen LogP contribution is 2.34. The maximum Gasteiger partial charge on any atom is 0.410 e. The first-order chi connectivity index (χ1) is 20.9. The van der Waals surface area contributed by atoms with Gasteiger partial charge in [-0.3, -0.25) is 19.7 Å². The van der Waals surface area contributed by atoms with Gasteiger partial charge in [0.1, 0.15) is 11.6 Å². The van der Waals surface area contributed by atoms with Gasteiger partial charge >= 0.3 is 6.09 Å². The van der Waals surface area contributed by atoms with Crippen LogP contribution in [0.2, 0.25) is 5.02 Å². The summed E-state index contributed by atoms with van der Waals surface area (Å²) >= 11 is 6.13. The summed E-state index contributed by atoms with van der Waals surface area (Å²) in [5.41, 5.74) is 0.266. The fourth-order valence-electron chi connectivity index (χ4n) is 6.23.